The van der Waals surface area contributed by atoms with Crippen LogP contribution in [0.2, 0.25) is 0 Å². The van der Waals surface area contributed by atoms with Gasteiger partial charge in [0.2, 0.25) is 0 Å². The summed E-state index contributed by atoms with van der Waals surface area (Å²) in [5, 5.41) is 9.86. The van der Waals surface area contributed by atoms with Crippen LogP contribution in [0.3, 0.4) is 0 Å². The van der Waals surface area contributed by atoms with E-state index in [2.05, 4.69) is 0 Å². The van der Waals surface area contributed by atoms with E-state index in [4.69, 9.17) is 9.47 Å². The van der Waals surface area contributed by atoms with Gasteiger partial charge in [0.1, 0.15) is 11.7 Å². The molecule has 0 radical (unpaired) electrons. The van der Waals surface area contributed by atoms with Crippen molar-refractivity contribution in [3.8, 4) is 6.07 Å². The molecule has 0 saturated carbocycles. The minimum Gasteiger partial charge on any atom is -0.464 e. The molecular formula is C16H16N2O4. The zero-order valence-corrected chi connectivity index (χ0v) is 12.8. The number of rotatable bonds is 1. The van der Waals surface area contributed by atoms with Crippen LogP contribution in [-0.4, -0.2) is 29.3 Å². The maximum absolute atomic E-state index is 12.5. The molecule has 2 rings (SSSR count). The molecule has 0 N–H and O–H groups in total. The lowest BCUT2D eigenvalue weighted by atomic mass is 10.1. The summed E-state index contributed by atoms with van der Waals surface area (Å²) in [6, 6.07) is 8.72. The number of nitrogens with zero attached hydrogens (tertiary/aromatic N) is 2. The van der Waals surface area contributed by atoms with Gasteiger partial charge >= 0.3 is 12.1 Å². The summed E-state index contributed by atoms with van der Waals surface area (Å²) in [4.78, 5) is 24.5. The van der Waals surface area contributed by atoms with Crippen LogP contribution in [0.1, 0.15) is 36.8 Å². The normalized spacial score (nSPS) is 11.0. The second kappa shape index (κ2) is 5.53. The summed E-state index contributed by atoms with van der Waals surface area (Å²) in [5.41, 5.74) is -0.342. The van der Waals surface area contributed by atoms with Crippen LogP contribution >= 0.6 is 0 Å². The number of esters is 1. The molecular weight excluding hydrogens is 284 g/mol. The van der Waals surface area contributed by atoms with Gasteiger partial charge in [-0.2, -0.15) is 5.26 Å². The number of nitriles is 1. The topological polar surface area (TPSA) is 81.3 Å². The Kier molecular flexibility index (Phi) is 3.91. The molecule has 6 nitrogen and oxygen atoms in total. The molecule has 2 aromatic rings. The summed E-state index contributed by atoms with van der Waals surface area (Å²) in [6.45, 7) is 5.17. The molecule has 1 aromatic carbocycles. The fourth-order valence-corrected chi connectivity index (χ4v) is 2.14. The summed E-state index contributed by atoms with van der Waals surface area (Å²) < 4.78 is 11.1. The van der Waals surface area contributed by atoms with Gasteiger partial charge in [0.15, 0.2) is 5.69 Å². The van der Waals surface area contributed by atoms with E-state index in [0.29, 0.717) is 10.9 Å². The van der Waals surface area contributed by atoms with E-state index in [1.807, 2.05) is 6.07 Å². The molecule has 1 aromatic heterocycles. The molecule has 0 aliphatic rings. The quantitative estimate of drug-likeness (QED) is 0.756. The molecule has 22 heavy (non-hydrogen) atoms. The number of carbonyl (C=O) groups excluding carboxylic acids is 2. The Morgan fingerprint density at radius 3 is 2.41 bits per heavy atom. The van der Waals surface area contributed by atoms with Crippen molar-refractivity contribution in [1.29, 1.82) is 5.26 Å². The van der Waals surface area contributed by atoms with Crippen LogP contribution < -0.4 is 0 Å². The lowest BCUT2D eigenvalue weighted by Gasteiger charge is -2.20. The fourth-order valence-electron chi connectivity index (χ4n) is 2.14. The molecule has 0 unspecified atom stereocenters. The lowest BCUT2D eigenvalue weighted by molar-refractivity contribution is 0.0489. The number of aromatic nitrogens is 1. The van der Waals surface area contributed by atoms with Gasteiger partial charge < -0.3 is 9.47 Å². The summed E-state index contributed by atoms with van der Waals surface area (Å²) >= 11 is 0. The molecule has 0 bridgehead atoms. The third kappa shape index (κ3) is 2.66. The van der Waals surface area contributed by atoms with Crippen LogP contribution in [0.15, 0.2) is 24.3 Å². The van der Waals surface area contributed by atoms with Crippen molar-refractivity contribution in [3.05, 3.63) is 35.5 Å². The SMILES string of the molecule is COC(=O)c1c(C#N)c2ccccc2n1C(=O)OC(C)(C)C. The zero-order chi connectivity index (χ0) is 16.5. The van der Waals surface area contributed by atoms with Crippen LogP contribution in [0, 0.1) is 11.3 Å². The monoisotopic (exact) mass is 300 g/mol. The number of methoxy groups -OCH3 is 1. The third-order valence-electron chi connectivity index (χ3n) is 2.94. The highest BCUT2D eigenvalue weighted by molar-refractivity contribution is 6.05. The van der Waals surface area contributed by atoms with Crippen LogP contribution in [0.4, 0.5) is 4.79 Å². The van der Waals surface area contributed by atoms with Crippen molar-refractivity contribution in [2.24, 2.45) is 0 Å². The van der Waals surface area contributed by atoms with Crippen molar-refractivity contribution in [3.63, 3.8) is 0 Å². The second-order valence-electron chi connectivity index (χ2n) is 5.66. The minimum absolute atomic E-state index is 0.0910. The molecule has 0 saturated heterocycles. The number of para-hydroxylation sites is 1. The van der Waals surface area contributed by atoms with Crippen molar-refractivity contribution in [1.82, 2.24) is 4.57 Å². The lowest BCUT2D eigenvalue weighted by Crippen LogP contribution is -2.29. The molecule has 6 heteroatoms. The maximum atomic E-state index is 12.5. The number of fused-ring (bicyclic) bond motifs is 1. The predicted molar refractivity (Wildman–Crippen MR) is 79.6 cm³/mol. The van der Waals surface area contributed by atoms with E-state index in [1.165, 1.54) is 7.11 Å². The molecule has 114 valence electrons. The summed E-state index contributed by atoms with van der Waals surface area (Å²) in [7, 11) is 1.20. The number of carbonyl (C=O) groups is 2. The van der Waals surface area contributed by atoms with Crippen molar-refractivity contribution in [2.75, 3.05) is 7.11 Å². The highest BCUT2D eigenvalue weighted by atomic mass is 16.6. The molecule has 0 spiro atoms. The Labute approximate surface area is 127 Å². The summed E-state index contributed by atoms with van der Waals surface area (Å²) in [5.74, 6) is -0.765. The minimum atomic E-state index is -0.765. The standard InChI is InChI=1S/C16H16N2O4/c1-16(2,3)22-15(20)18-12-8-6-5-7-10(12)11(9-17)13(18)14(19)21-4/h5-8H,1-4H3. The van der Waals surface area contributed by atoms with Gasteiger partial charge in [0.05, 0.1) is 18.2 Å². The van der Waals surface area contributed by atoms with Crippen LogP contribution in [-0.2, 0) is 9.47 Å². The Morgan fingerprint density at radius 1 is 1.23 bits per heavy atom. The first-order valence-corrected chi connectivity index (χ1v) is 6.65. The largest absolute Gasteiger partial charge is 0.464 e. The van der Waals surface area contributed by atoms with Crippen molar-refractivity contribution in [2.45, 2.75) is 26.4 Å². The van der Waals surface area contributed by atoms with E-state index in [0.717, 1.165) is 4.57 Å². The first kappa shape index (κ1) is 15.6. The van der Waals surface area contributed by atoms with Gasteiger partial charge in [-0.1, -0.05) is 18.2 Å². The van der Waals surface area contributed by atoms with Crippen molar-refractivity contribution < 1.29 is 19.1 Å². The number of ether oxygens (including phenoxy) is 2. The molecule has 1 heterocycles. The molecule has 0 atom stereocenters. The van der Waals surface area contributed by atoms with Crippen molar-refractivity contribution >= 4 is 23.0 Å². The third-order valence-corrected chi connectivity index (χ3v) is 2.94. The zero-order valence-electron chi connectivity index (χ0n) is 12.8. The molecule has 0 aliphatic carbocycles. The Hall–Kier alpha value is -2.81. The Morgan fingerprint density at radius 2 is 1.86 bits per heavy atom. The highest BCUT2D eigenvalue weighted by Crippen LogP contribution is 2.27. The molecule has 0 aliphatic heterocycles. The molecule has 0 fully saturated rings. The van der Waals surface area contributed by atoms with Gasteiger partial charge in [-0.05, 0) is 26.8 Å². The number of hydrogen-bond donors (Lipinski definition) is 0. The van der Waals surface area contributed by atoms with E-state index in [9.17, 15) is 14.9 Å². The smallest absolute Gasteiger partial charge is 0.419 e. The number of benzene rings is 1. The Balaban J connectivity index is 2.79. The Bertz CT molecular complexity index is 791. The van der Waals surface area contributed by atoms with Gasteiger partial charge in [0.25, 0.3) is 0 Å². The maximum Gasteiger partial charge on any atom is 0.419 e. The second-order valence-corrected chi connectivity index (χ2v) is 5.66. The average Bonchev–Trinajstić information content (AvgIpc) is 2.78. The van der Waals surface area contributed by atoms with Crippen LogP contribution in [0.25, 0.3) is 10.9 Å². The van der Waals surface area contributed by atoms with E-state index < -0.39 is 17.7 Å². The highest BCUT2D eigenvalue weighted by Gasteiger charge is 2.29. The van der Waals surface area contributed by atoms with Gasteiger partial charge in [-0.3, -0.25) is 0 Å². The van der Waals surface area contributed by atoms with Crippen LogP contribution in [0.5, 0.6) is 0 Å². The van der Waals surface area contributed by atoms with E-state index in [-0.39, 0.29) is 11.3 Å². The first-order chi connectivity index (χ1) is 10.3. The van der Waals surface area contributed by atoms with Gasteiger partial charge in [-0.25, -0.2) is 14.2 Å². The first-order valence-electron chi connectivity index (χ1n) is 6.65. The summed E-state index contributed by atoms with van der Waals surface area (Å²) in [6.07, 6.45) is -0.731. The van der Waals surface area contributed by atoms with Gasteiger partial charge in [-0.15, -0.1) is 0 Å². The predicted octanol–water partition coefficient (Wildman–Crippen LogP) is 3.08. The molecule has 0 amide bonds. The number of hydrogen-bond acceptors (Lipinski definition) is 5. The van der Waals surface area contributed by atoms with E-state index >= 15 is 0 Å². The average molecular weight is 300 g/mol. The van der Waals surface area contributed by atoms with Gasteiger partial charge in [0, 0.05) is 5.39 Å². The van der Waals surface area contributed by atoms with E-state index in [1.54, 1.807) is 45.0 Å². The fraction of sp³-hybridized carbons (Fsp3) is 0.312.